The number of ether oxygens (including phenoxy) is 1. The number of amides is 3. The van der Waals surface area contributed by atoms with Gasteiger partial charge < -0.3 is 15.2 Å². The highest BCUT2D eigenvalue weighted by Crippen LogP contribution is 2.27. The molecular weight excluding hydrogens is 402 g/mol. The number of para-hydroxylation sites is 2. The summed E-state index contributed by atoms with van der Waals surface area (Å²) < 4.78 is 5.77. The number of nitrogens with one attached hydrogen (secondary N) is 3. The number of hydrogen-bond acceptors (Lipinski definition) is 5. The maximum Gasteiger partial charge on any atom is 0.333 e. The number of phenolic OH excluding ortho intramolecular Hbond substituents is 1. The first kappa shape index (κ1) is 21.1. The van der Waals surface area contributed by atoms with Crippen molar-refractivity contribution in [3.05, 3.63) is 84.4 Å². The van der Waals surface area contributed by atoms with Crippen LogP contribution < -0.4 is 20.9 Å². The Morgan fingerprint density at radius 3 is 2.40 bits per heavy atom. The van der Waals surface area contributed by atoms with Crippen LogP contribution in [0.1, 0.15) is 5.56 Å². The first-order valence-electron chi connectivity index (χ1n) is 9.15. The molecule has 0 aliphatic rings. The molecule has 0 saturated carbocycles. The summed E-state index contributed by atoms with van der Waals surface area (Å²) in [7, 11) is 0. The zero-order valence-electron chi connectivity index (χ0n) is 16.0. The molecule has 3 aromatic rings. The van der Waals surface area contributed by atoms with Gasteiger partial charge in [0.1, 0.15) is 17.2 Å². The van der Waals surface area contributed by atoms with Crippen LogP contribution in [0.3, 0.4) is 0 Å². The summed E-state index contributed by atoms with van der Waals surface area (Å²) in [6.07, 6.45) is 0. The van der Waals surface area contributed by atoms with E-state index in [1.54, 1.807) is 24.3 Å². The molecule has 0 radical (unpaired) electrons. The average molecular weight is 423 g/mol. The Bertz CT molecular complexity index is 998. The Kier molecular flexibility index (Phi) is 7.57. The number of benzene rings is 3. The summed E-state index contributed by atoms with van der Waals surface area (Å²) in [5, 5.41) is 12.3. The summed E-state index contributed by atoms with van der Waals surface area (Å²) in [5.74, 6) is 1.16. The zero-order valence-corrected chi connectivity index (χ0v) is 16.8. The maximum atomic E-state index is 11.9. The number of carbonyl (C=O) groups is 2. The molecule has 3 amide bonds. The molecule has 0 aromatic heterocycles. The highest BCUT2D eigenvalue weighted by Gasteiger charge is 2.07. The molecule has 30 heavy (non-hydrogen) atoms. The van der Waals surface area contributed by atoms with Gasteiger partial charge in [-0.05, 0) is 42.0 Å². The van der Waals surface area contributed by atoms with E-state index in [2.05, 4.69) is 16.2 Å². The standard InChI is InChI=1S/C22H21N3O4S/c26-19-11-4-5-12-20(19)30-15-21(27)24-25-22(28)23-14-16-7-6-10-18(13-16)29-17-8-2-1-3-9-17/h1-13,26H,14-15H2,(H,24,27)(H2,23,25,28). The van der Waals surface area contributed by atoms with E-state index in [1.807, 2.05) is 54.6 Å². The lowest BCUT2D eigenvalue weighted by Crippen LogP contribution is -2.47. The second kappa shape index (κ2) is 10.8. The number of urea groups is 1. The Labute approximate surface area is 178 Å². The molecule has 154 valence electrons. The third-order valence-electron chi connectivity index (χ3n) is 3.87. The minimum Gasteiger partial charge on any atom is -0.507 e. The van der Waals surface area contributed by atoms with Gasteiger partial charge in [-0.3, -0.25) is 10.2 Å². The summed E-state index contributed by atoms with van der Waals surface area (Å²) in [4.78, 5) is 24.4. The molecule has 7 nitrogen and oxygen atoms in total. The molecule has 0 unspecified atom stereocenters. The second-order valence-corrected chi connectivity index (χ2v) is 7.19. The quantitative estimate of drug-likeness (QED) is 0.342. The maximum absolute atomic E-state index is 11.9. The lowest BCUT2D eigenvalue weighted by Gasteiger charge is -2.10. The van der Waals surface area contributed by atoms with Crippen molar-refractivity contribution in [2.75, 3.05) is 5.75 Å². The fraction of sp³-hybridized carbons (Fsp3) is 0.0909. The third-order valence-corrected chi connectivity index (χ3v) is 4.93. The molecule has 0 atom stereocenters. The molecule has 3 rings (SSSR count). The molecule has 4 N–H and O–H groups in total. The van der Waals surface area contributed by atoms with Crippen LogP contribution >= 0.6 is 11.8 Å². The Morgan fingerprint density at radius 1 is 0.867 bits per heavy atom. The van der Waals surface area contributed by atoms with Gasteiger partial charge >= 0.3 is 6.03 Å². The normalized spacial score (nSPS) is 10.1. The summed E-state index contributed by atoms with van der Waals surface area (Å²) >= 11 is 1.17. The highest BCUT2D eigenvalue weighted by molar-refractivity contribution is 8.00. The third kappa shape index (κ3) is 6.75. The number of rotatable bonds is 7. The van der Waals surface area contributed by atoms with Gasteiger partial charge in [0.05, 0.1) is 5.75 Å². The number of hydrogen-bond donors (Lipinski definition) is 4. The fourth-order valence-corrected chi connectivity index (χ4v) is 3.20. The van der Waals surface area contributed by atoms with E-state index in [-0.39, 0.29) is 18.0 Å². The molecule has 0 aliphatic heterocycles. The van der Waals surface area contributed by atoms with Gasteiger partial charge in [0.15, 0.2) is 0 Å². The molecule has 0 saturated heterocycles. The van der Waals surface area contributed by atoms with Crippen LogP contribution in [0.4, 0.5) is 4.79 Å². The van der Waals surface area contributed by atoms with E-state index in [4.69, 9.17) is 4.74 Å². The molecule has 8 heteroatoms. The van der Waals surface area contributed by atoms with E-state index in [0.717, 1.165) is 11.3 Å². The summed E-state index contributed by atoms with van der Waals surface area (Å²) in [5.41, 5.74) is 5.47. The van der Waals surface area contributed by atoms with Crippen LogP contribution in [0.2, 0.25) is 0 Å². The number of carbonyl (C=O) groups excluding carboxylic acids is 2. The molecule has 0 bridgehead atoms. The number of phenols is 1. The smallest absolute Gasteiger partial charge is 0.333 e. The highest BCUT2D eigenvalue weighted by atomic mass is 32.2. The molecule has 0 spiro atoms. The van der Waals surface area contributed by atoms with Gasteiger partial charge in [-0.1, -0.05) is 42.5 Å². The van der Waals surface area contributed by atoms with Crippen LogP contribution in [0, 0.1) is 0 Å². The molecule has 0 fully saturated rings. The first-order valence-corrected chi connectivity index (χ1v) is 10.1. The van der Waals surface area contributed by atoms with E-state index in [0.29, 0.717) is 10.6 Å². The minimum absolute atomic E-state index is 0.0523. The Hall–Kier alpha value is -3.65. The van der Waals surface area contributed by atoms with Crippen molar-refractivity contribution in [1.82, 2.24) is 16.2 Å². The van der Waals surface area contributed by atoms with Crippen molar-refractivity contribution in [2.45, 2.75) is 11.4 Å². The van der Waals surface area contributed by atoms with Gasteiger partial charge in [0.25, 0.3) is 0 Å². The first-order chi connectivity index (χ1) is 14.6. The predicted octanol–water partition coefficient (Wildman–Crippen LogP) is 3.81. The number of aromatic hydroxyl groups is 1. The van der Waals surface area contributed by atoms with E-state index < -0.39 is 11.9 Å². The van der Waals surface area contributed by atoms with Crippen molar-refractivity contribution in [3.8, 4) is 17.2 Å². The van der Waals surface area contributed by atoms with Crippen molar-refractivity contribution >= 4 is 23.7 Å². The molecule has 0 aliphatic carbocycles. The van der Waals surface area contributed by atoms with Gasteiger partial charge in [0, 0.05) is 11.4 Å². The van der Waals surface area contributed by atoms with E-state index in [1.165, 1.54) is 11.8 Å². The van der Waals surface area contributed by atoms with Gasteiger partial charge in [0.2, 0.25) is 5.91 Å². The monoisotopic (exact) mass is 423 g/mol. The van der Waals surface area contributed by atoms with Gasteiger partial charge in [-0.2, -0.15) is 0 Å². The second-order valence-electron chi connectivity index (χ2n) is 6.17. The topological polar surface area (TPSA) is 99.7 Å². The van der Waals surface area contributed by atoms with Gasteiger partial charge in [-0.15, -0.1) is 11.8 Å². The van der Waals surface area contributed by atoms with Crippen molar-refractivity contribution in [1.29, 1.82) is 0 Å². The van der Waals surface area contributed by atoms with Gasteiger partial charge in [-0.25, -0.2) is 10.2 Å². The SMILES string of the molecule is O=C(CSc1ccccc1O)NNC(=O)NCc1cccc(Oc2ccccc2)c1. The average Bonchev–Trinajstić information content (AvgIpc) is 2.77. The van der Waals surface area contributed by atoms with Crippen LogP contribution in [0.5, 0.6) is 17.2 Å². The Balaban J connectivity index is 1.39. The van der Waals surface area contributed by atoms with Crippen LogP contribution in [0.15, 0.2) is 83.8 Å². The van der Waals surface area contributed by atoms with Crippen molar-refractivity contribution < 1.29 is 19.4 Å². The summed E-state index contributed by atoms with van der Waals surface area (Å²) in [6.45, 7) is 0.264. The van der Waals surface area contributed by atoms with Crippen molar-refractivity contribution in [3.63, 3.8) is 0 Å². The lowest BCUT2D eigenvalue weighted by atomic mass is 10.2. The minimum atomic E-state index is -0.537. The molecule has 3 aromatic carbocycles. The Morgan fingerprint density at radius 2 is 1.60 bits per heavy atom. The van der Waals surface area contributed by atoms with E-state index in [9.17, 15) is 14.7 Å². The van der Waals surface area contributed by atoms with Crippen LogP contribution in [-0.4, -0.2) is 22.8 Å². The zero-order chi connectivity index (χ0) is 21.2. The molecule has 0 heterocycles. The fourth-order valence-electron chi connectivity index (χ4n) is 2.46. The van der Waals surface area contributed by atoms with Crippen LogP contribution in [-0.2, 0) is 11.3 Å². The number of hydrazine groups is 1. The largest absolute Gasteiger partial charge is 0.507 e. The van der Waals surface area contributed by atoms with E-state index >= 15 is 0 Å². The van der Waals surface area contributed by atoms with Crippen molar-refractivity contribution in [2.24, 2.45) is 0 Å². The van der Waals surface area contributed by atoms with Crippen LogP contribution in [0.25, 0.3) is 0 Å². The number of thioether (sulfide) groups is 1. The predicted molar refractivity (Wildman–Crippen MR) is 115 cm³/mol. The lowest BCUT2D eigenvalue weighted by molar-refractivity contribution is -0.119. The summed E-state index contributed by atoms with van der Waals surface area (Å²) in [6, 6.07) is 23.0. The molecular formula is C22H21N3O4S.